The van der Waals surface area contributed by atoms with Gasteiger partial charge >= 0.3 is 5.97 Å². The maximum Gasteiger partial charge on any atom is 0.344 e. The summed E-state index contributed by atoms with van der Waals surface area (Å²) in [5, 5.41) is 8.79. The second-order valence-corrected chi connectivity index (χ2v) is 3.26. The molecule has 0 spiro atoms. The third-order valence-corrected chi connectivity index (χ3v) is 2.11. The molecule has 0 heterocycles. The fraction of sp³-hybridized carbons (Fsp3) is 0.273. The molecule has 0 aliphatic carbocycles. The van der Waals surface area contributed by atoms with Crippen molar-refractivity contribution in [3.63, 3.8) is 0 Å². The Morgan fingerprint density at radius 2 is 2.31 bits per heavy atom. The van der Waals surface area contributed by atoms with E-state index in [0.29, 0.717) is 24.0 Å². The predicted molar refractivity (Wildman–Crippen MR) is 58.6 cm³/mol. The number of aliphatic carboxylic acids is 1. The van der Waals surface area contributed by atoms with E-state index in [0.717, 1.165) is 0 Å². The first-order chi connectivity index (χ1) is 7.58. The molecule has 5 heteroatoms. The van der Waals surface area contributed by atoms with Crippen molar-refractivity contribution in [2.45, 2.75) is 19.4 Å². The highest BCUT2D eigenvalue weighted by Gasteiger charge is 2.16. The van der Waals surface area contributed by atoms with E-state index in [9.17, 15) is 9.59 Å². The second-order valence-electron chi connectivity index (χ2n) is 3.26. The maximum atomic E-state index is 10.7. The molecule has 0 aliphatic heterocycles. The van der Waals surface area contributed by atoms with Crippen molar-refractivity contribution in [3.8, 4) is 5.75 Å². The van der Waals surface area contributed by atoms with E-state index in [1.165, 1.54) is 18.2 Å². The number of carbonyl (C=O) groups excluding carboxylic acids is 1. The Bertz CT molecular complexity index is 403. The van der Waals surface area contributed by atoms with Crippen molar-refractivity contribution in [1.29, 1.82) is 0 Å². The second kappa shape index (κ2) is 5.16. The zero-order chi connectivity index (χ0) is 12.1. The number of carboxylic acids is 1. The van der Waals surface area contributed by atoms with Gasteiger partial charge in [-0.05, 0) is 18.6 Å². The largest absolute Gasteiger partial charge is 0.479 e. The van der Waals surface area contributed by atoms with Gasteiger partial charge in [-0.1, -0.05) is 6.92 Å². The lowest BCUT2D eigenvalue weighted by Crippen LogP contribution is -2.25. The van der Waals surface area contributed by atoms with Gasteiger partial charge in [-0.25, -0.2) is 4.79 Å². The van der Waals surface area contributed by atoms with Gasteiger partial charge in [-0.15, -0.1) is 0 Å². The normalized spacial score (nSPS) is 11.8. The molecule has 5 nitrogen and oxygen atoms in total. The summed E-state index contributed by atoms with van der Waals surface area (Å²) in [6.45, 7) is 1.71. The Kier molecular flexibility index (Phi) is 3.88. The smallest absolute Gasteiger partial charge is 0.344 e. The number of hydrogen-bond donors (Lipinski definition) is 2. The highest BCUT2D eigenvalue weighted by Crippen LogP contribution is 2.20. The van der Waals surface area contributed by atoms with Crippen LogP contribution in [0.3, 0.4) is 0 Å². The Balaban J connectivity index is 2.85. The van der Waals surface area contributed by atoms with Crippen LogP contribution in [0.1, 0.15) is 23.7 Å². The predicted octanol–water partition coefficient (Wildman–Crippen LogP) is 1.32. The maximum absolute atomic E-state index is 10.7. The first-order valence-electron chi connectivity index (χ1n) is 4.82. The van der Waals surface area contributed by atoms with Crippen molar-refractivity contribution in [1.82, 2.24) is 0 Å². The number of anilines is 1. The molecule has 1 aromatic rings. The van der Waals surface area contributed by atoms with E-state index in [-0.39, 0.29) is 5.69 Å². The number of carbonyl (C=O) groups is 2. The van der Waals surface area contributed by atoms with Crippen LogP contribution in [-0.4, -0.2) is 23.5 Å². The summed E-state index contributed by atoms with van der Waals surface area (Å²) < 4.78 is 5.21. The van der Waals surface area contributed by atoms with E-state index in [1.807, 2.05) is 0 Å². The lowest BCUT2D eigenvalue weighted by atomic mass is 10.2. The van der Waals surface area contributed by atoms with E-state index < -0.39 is 12.1 Å². The van der Waals surface area contributed by atoms with Gasteiger partial charge in [0.2, 0.25) is 0 Å². The van der Waals surface area contributed by atoms with Crippen LogP contribution >= 0.6 is 0 Å². The van der Waals surface area contributed by atoms with Crippen LogP contribution in [0.25, 0.3) is 0 Å². The number of ether oxygens (including phenoxy) is 1. The fourth-order valence-electron chi connectivity index (χ4n) is 1.21. The summed E-state index contributed by atoms with van der Waals surface area (Å²) in [6, 6.07) is 4.45. The lowest BCUT2D eigenvalue weighted by molar-refractivity contribution is -0.145. The molecule has 1 atom stereocenters. The van der Waals surface area contributed by atoms with Crippen molar-refractivity contribution in [2.24, 2.45) is 0 Å². The van der Waals surface area contributed by atoms with Crippen LogP contribution in [0.5, 0.6) is 5.75 Å². The van der Waals surface area contributed by atoms with Crippen molar-refractivity contribution in [3.05, 3.63) is 23.8 Å². The molecule has 1 rings (SSSR count). The lowest BCUT2D eigenvalue weighted by Gasteiger charge is -2.13. The van der Waals surface area contributed by atoms with E-state index in [1.54, 1.807) is 6.92 Å². The number of nitrogens with two attached hydrogens (primary N) is 1. The molecular weight excluding hydrogens is 210 g/mol. The molecule has 0 amide bonds. The number of carboxylic acid groups (broad SMARTS) is 1. The number of nitrogen functional groups attached to an aromatic ring is 1. The van der Waals surface area contributed by atoms with Gasteiger partial charge in [0.15, 0.2) is 12.4 Å². The molecule has 1 unspecified atom stereocenters. The Hall–Kier alpha value is -2.04. The minimum absolute atomic E-state index is 0.271. The van der Waals surface area contributed by atoms with Gasteiger partial charge in [-0.3, -0.25) is 4.79 Å². The molecule has 1 aromatic carbocycles. The molecule has 0 bridgehead atoms. The van der Waals surface area contributed by atoms with Crippen LogP contribution in [0, 0.1) is 0 Å². The molecule has 3 N–H and O–H groups in total. The third-order valence-electron chi connectivity index (χ3n) is 2.11. The molecule has 0 fully saturated rings. The third kappa shape index (κ3) is 2.73. The summed E-state index contributed by atoms with van der Waals surface area (Å²) in [7, 11) is 0. The number of aldehydes is 1. The quantitative estimate of drug-likeness (QED) is 0.580. The zero-order valence-corrected chi connectivity index (χ0v) is 8.84. The van der Waals surface area contributed by atoms with Crippen molar-refractivity contribution < 1.29 is 19.4 Å². The molecule has 86 valence electrons. The monoisotopic (exact) mass is 223 g/mol. The average molecular weight is 223 g/mol. The van der Waals surface area contributed by atoms with E-state index >= 15 is 0 Å². The summed E-state index contributed by atoms with van der Waals surface area (Å²) in [4.78, 5) is 21.2. The van der Waals surface area contributed by atoms with Crippen molar-refractivity contribution in [2.75, 3.05) is 5.73 Å². The average Bonchev–Trinajstić information content (AvgIpc) is 2.25. The standard InChI is InChI=1S/C11H13NO4/c1-2-10(11(14)15)16-8-4-3-7(6-13)9(12)5-8/h3-6,10H,2,12H2,1H3,(H,14,15). The van der Waals surface area contributed by atoms with E-state index in [2.05, 4.69) is 0 Å². The molecule has 16 heavy (non-hydrogen) atoms. The number of rotatable bonds is 5. The summed E-state index contributed by atoms with van der Waals surface area (Å²) >= 11 is 0. The Morgan fingerprint density at radius 3 is 2.75 bits per heavy atom. The molecular formula is C11H13NO4. The zero-order valence-electron chi connectivity index (χ0n) is 8.84. The van der Waals surface area contributed by atoms with Gasteiger partial charge in [0.05, 0.1) is 0 Å². The fourth-order valence-corrected chi connectivity index (χ4v) is 1.21. The molecule has 0 aromatic heterocycles. The molecule has 0 aliphatic rings. The number of benzene rings is 1. The minimum Gasteiger partial charge on any atom is -0.479 e. The summed E-state index contributed by atoms with van der Waals surface area (Å²) in [5.74, 6) is -0.683. The topological polar surface area (TPSA) is 89.6 Å². The van der Waals surface area contributed by atoms with Gasteiger partial charge in [0.25, 0.3) is 0 Å². The molecule has 0 saturated heterocycles. The van der Waals surface area contributed by atoms with Crippen molar-refractivity contribution >= 4 is 17.9 Å². The Labute approximate surface area is 92.8 Å². The number of hydrogen-bond acceptors (Lipinski definition) is 4. The van der Waals surface area contributed by atoms with Crippen LogP contribution in [0.4, 0.5) is 5.69 Å². The van der Waals surface area contributed by atoms with Crippen LogP contribution in [0.15, 0.2) is 18.2 Å². The Morgan fingerprint density at radius 1 is 1.62 bits per heavy atom. The van der Waals surface area contributed by atoms with Gasteiger partial charge < -0.3 is 15.6 Å². The van der Waals surface area contributed by atoms with Gasteiger partial charge in [0, 0.05) is 17.3 Å². The van der Waals surface area contributed by atoms with Crippen LogP contribution < -0.4 is 10.5 Å². The first kappa shape index (κ1) is 12.0. The summed E-state index contributed by atoms with van der Waals surface area (Å²) in [6.07, 6.45) is 0.0830. The van der Waals surface area contributed by atoms with Crippen LogP contribution in [0.2, 0.25) is 0 Å². The highest BCUT2D eigenvalue weighted by molar-refractivity contribution is 5.83. The molecule has 0 radical (unpaired) electrons. The van der Waals surface area contributed by atoms with Crippen LogP contribution in [-0.2, 0) is 4.79 Å². The van der Waals surface area contributed by atoms with E-state index in [4.69, 9.17) is 15.6 Å². The highest BCUT2D eigenvalue weighted by atomic mass is 16.5. The van der Waals surface area contributed by atoms with Gasteiger partial charge in [-0.2, -0.15) is 0 Å². The molecule has 0 saturated carbocycles. The SMILES string of the molecule is CCC(Oc1ccc(C=O)c(N)c1)C(=O)O. The summed E-state index contributed by atoms with van der Waals surface area (Å²) in [5.41, 5.74) is 6.19. The van der Waals surface area contributed by atoms with Gasteiger partial charge in [0.1, 0.15) is 5.75 Å². The minimum atomic E-state index is -1.03. The first-order valence-corrected chi connectivity index (χ1v) is 4.82.